The molecule has 0 spiro atoms. The van der Waals surface area contributed by atoms with E-state index in [0.717, 1.165) is 25.1 Å². The molecule has 0 bridgehead atoms. The number of anilines is 1. The van der Waals surface area contributed by atoms with Gasteiger partial charge in [0.2, 0.25) is 5.91 Å². The molecule has 1 aromatic heterocycles. The second kappa shape index (κ2) is 4.53. The van der Waals surface area contributed by atoms with Crippen LogP contribution in [0.15, 0.2) is 23.0 Å². The van der Waals surface area contributed by atoms with Crippen LogP contribution in [-0.2, 0) is 4.79 Å². The first-order valence-corrected chi connectivity index (χ1v) is 6.04. The molecule has 1 atom stereocenters. The van der Waals surface area contributed by atoms with Gasteiger partial charge in [-0.05, 0) is 25.3 Å². The smallest absolute Gasteiger partial charge is 0.244 e. The van der Waals surface area contributed by atoms with Crippen LogP contribution in [0.4, 0.5) is 5.69 Å². The minimum Gasteiger partial charge on any atom is -0.470 e. The molecule has 1 aliphatic heterocycles. The van der Waals surface area contributed by atoms with E-state index in [2.05, 4.69) is 19.2 Å². The maximum atomic E-state index is 12.4. The maximum absolute atomic E-state index is 12.4. The standard InChI is InChI=1S/C13H20N2O2/c1-13(2)5-6-15(10-4-7-17-9-10)12(16)11(8-13)14-3/h4,7,9,11,14H,5-6,8H2,1-3H3. The minimum atomic E-state index is -0.109. The van der Waals surface area contributed by atoms with Gasteiger partial charge < -0.3 is 14.6 Å². The molecule has 1 unspecified atom stereocenters. The number of furan rings is 1. The number of hydrogen-bond donors (Lipinski definition) is 1. The number of rotatable bonds is 2. The van der Waals surface area contributed by atoms with Crippen LogP contribution in [0.25, 0.3) is 0 Å². The number of nitrogens with zero attached hydrogens (tertiary/aromatic N) is 1. The van der Waals surface area contributed by atoms with Gasteiger partial charge in [-0.2, -0.15) is 0 Å². The molecule has 0 aliphatic carbocycles. The lowest BCUT2D eigenvalue weighted by molar-refractivity contribution is -0.120. The van der Waals surface area contributed by atoms with Crippen LogP contribution < -0.4 is 10.2 Å². The fraction of sp³-hybridized carbons (Fsp3) is 0.615. The minimum absolute atomic E-state index is 0.109. The fourth-order valence-electron chi connectivity index (χ4n) is 2.35. The van der Waals surface area contributed by atoms with Gasteiger partial charge >= 0.3 is 0 Å². The summed E-state index contributed by atoms with van der Waals surface area (Å²) < 4.78 is 5.06. The zero-order valence-electron chi connectivity index (χ0n) is 10.7. The summed E-state index contributed by atoms with van der Waals surface area (Å²) in [5.74, 6) is 0.138. The average molecular weight is 236 g/mol. The van der Waals surface area contributed by atoms with Crippen molar-refractivity contribution in [3.05, 3.63) is 18.6 Å². The highest BCUT2D eigenvalue weighted by molar-refractivity contribution is 5.97. The Morgan fingerprint density at radius 1 is 1.53 bits per heavy atom. The molecule has 1 aromatic rings. The molecule has 0 saturated carbocycles. The molecule has 1 aliphatic rings. The normalized spacial score (nSPS) is 24.8. The number of likely N-dealkylation sites (N-methyl/N-ethyl adjacent to an activating group) is 1. The van der Waals surface area contributed by atoms with Crippen molar-refractivity contribution in [2.75, 3.05) is 18.5 Å². The van der Waals surface area contributed by atoms with Crippen molar-refractivity contribution in [1.82, 2.24) is 5.32 Å². The summed E-state index contributed by atoms with van der Waals surface area (Å²) in [6.07, 6.45) is 5.11. The summed E-state index contributed by atoms with van der Waals surface area (Å²) in [5, 5.41) is 3.12. The molecule has 0 aromatic carbocycles. The van der Waals surface area contributed by atoms with Gasteiger partial charge in [0.1, 0.15) is 6.26 Å². The van der Waals surface area contributed by atoms with E-state index >= 15 is 0 Å². The summed E-state index contributed by atoms with van der Waals surface area (Å²) in [6, 6.07) is 1.73. The molecule has 1 fully saturated rings. The second-order valence-electron chi connectivity index (χ2n) is 5.43. The quantitative estimate of drug-likeness (QED) is 0.854. The van der Waals surface area contributed by atoms with Crippen LogP contribution in [0, 0.1) is 5.41 Å². The van der Waals surface area contributed by atoms with Gasteiger partial charge in [-0.1, -0.05) is 13.8 Å². The van der Waals surface area contributed by atoms with Crippen molar-refractivity contribution in [3.63, 3.8) is 0 Å². The summed E-state index contributed by atoms with van der Waals surface area (Å²) in [6.45, 7) is 5.18. The van der Waals surface area contributed by atoms with E-state index in [1.807, 2.05) is 18.0 Å². The van der Waals surface area contributed by atoms with Crippen LogP contribution in [0.5, 0.6) is 0 Å². The molecule has 17 heavy (non-hydrogen) atoms. The third-order valence-electron chi connectivity index (χ3n) is 3.50. The van der Waals surface area contributed by atoms with Gasteiger partial charge in [0.15, 0.2) is 0 Å². The molecule has 94 valence electrons. The highest BCUT2D eigenvalue weighted by Gasteiger charge is 2.35. The maximum Gasteiger partial charge on any atom is 0.244 e. The van der Waals surface area contributed by atoms with Crippen LogP contribution in [0.3, 0.4) is 0 Å². The first-order chi connectivity index (χ1) is 8.03. The van der Waals surface area contributed by atoms with Gasteiger partial charge in [0.05, 0.1) is 18.0 Å². The topological polar surface area (TPSA) is 45.5 Å². The van der Waals surface area contributed by atoms with Gasteiger partial charge in [0.25, 0.3) is 0 Å². The third kappa shape index (κ3) is 2.52. The Bertz CT molecular complexity index is 384. The molecule has 4 heteroatoms. The Morgan fingerprint density at radius 2 is 2.29 bits per heavy atom. The van der Waals surface area contributed by atoms with Crippen molar-refractivity contribution >= 4 is 11.6 Å². The van der Waals surface area contributed by atoms with E-state index in [0.29, 0.717) is 0 Å². The van der Waals surface area contributed by atoms with E-state index in [9.17, 15) is 4.79 Å². The van der Waals surface area contributed by atoms with Gasteiger partial charge in [-0.15, -0.1) is 0 Å². The third-order valence-corrected chi connectivity index (χ3v) is 3.50. The molecular weight excluding hydrogens is 216 g/mol. The van der Waals surface area contributed by atoms with Crippen molar-refractivity contribution < 1.29 is 9.21 Å². The Kier molecular flexibility index (Phi) is 3.24. The van der Waals surface area contributed by atoms with E-state index in [-0.39, 0.29) is 17.4 Å². The fourth-order valence-corrected chi connectivity index (χ4v) is 2.35. The molecule has 4 nitrogen and oxygen atoms in total. The van der Waals surface area contributed by atoms with Crippen LogP contribution in [0.2, 0.25) is 0 Å². The van der Waals surface area contributed by atoms with Crippen LogP contribution in [0.1, 0.15) is 26.7 Å². The van der Waals surface area contributed by atoms with Crippen molar-refractivity contribution in [2.45, 2.75) is 32.7 Å². The summed E-state index contributed by atoms with van der Waals surface area (Å²) >= 11 is 0. The summed E-state index contributed by atoms with van der Waals surface area (Å²) in [4.78, 5) is 14.2. The zero-order valence-corrected chi connectivity index (χ0v) is 10.7. The van der Waals surface area contributed by atoms with E-state index in [1.54, 1.807) is 12.5 Å². The molecule has 0 radical (unpaired) electrons. The highest BCUT2D eigenvalue weighted by Crippen LogP contribution is 2.32. The molecule has 1 amide bonds. The van der Waals surface area contributed by atoms with Crippen LogP contribution in [-0.4, -0.2) is 25.5 Å². The second-order valence-corrected chi connectivity index (χ2v) is 5.43. The number of nitrogens with one attached hydrogen (secondary N) is 1. The van der Waals surface area contributed by atoms with Crippen molar-refractivity contribution in [2.24, 2.45) is 5.41 Å². The Hall–Kier alpha value is -1.29. The summed E-state index contributed by atoms with van der Waals surface area (Å²) in [7, 11) is 1.84. The molecule has 1 saturated heterocycles. The number of hydrogen-bond acceptors (Lipinski definition) is 3. The largest absolute Gasteiger partial charge is 0.470 e. The Morgan fingerprint density at radius 3 is 2.88 bits per heavy atom. The lowest BCUT2D eigenvalue weighted by atomic mass is 9.83. The number of carbonyl (C=O) groups excluding carboxylic acids is 1. The van der Waals surface area contributed by atoms with Crippen molar-refractivity contribution in [3.8, 4) is 0 Å². The summed E-state index contributed by atoms with van der Waals surface area (Å²) in [5.41, 5.74) is 1.04. The van der Waals surface area contributed by atoms with Gasteiger partial charge in [0, 0.05) is 12.6 Å². The lowest BCUT2D eigenvalue weighted by Gasteiger charge is -2.24. The Labute approximate surface area is 102 Å². The first-order valence-electron chi connectivity index (χ1n) is 6.04. The van der Waals surface area contributed by atoms with Crippen LogP contribution >= 0.6 is 0 Å². The number of carbonyl (C=O) groups is 1. The SMILES string of the molecule is CNC1CC(C)(C)CCN(c2ccoc2)C1=O. The van der Waals surface area contributed by atoms with E-state index in [1.165, 1.54) is 0 Å². The Balaban J connectivity index is 2.26. The monoisotopic (exact) mass is 236 g/mol. The predicted molar refractivity (Wildman–Crippen MR) is 66.9 cm³/mol. The van der Waals surface area contributed by atoms with E-state index in [4.69, 9.17) is 4.42 Å². The molecular formula is C13H20N2O2. The van der Waals surface area contributed by atoms with Gasteiger partial charge in [-0.3, -0.25) is 4.79 Å². The van der Waals surface area contributed by atoms with Crippen molar-refractivity contribution in [1.29, 1.82) is 0 Å². The predicted octanol–water partition coefficient (Wildman–Crippen LogP) is 2.02. The lowest BCUT2D eigenvalue weighted by Crippen LogP contribution is -2.44. The van der Waals surface area contributed by atoms with Gasteiger partial charge in [-0.25, -0.2) is 0 Å². The first kappa shape index (κ1) is 12.2. The highest BCUT2D eigenvalue weighted by atomic mass is 16.3. The average Bonchev–Trinajstić information content (AvgIpc) is 2.75. The molecule has 2 heterocycles. The zero-order chi connectivity index (χ0) is 12.5. The van der Waals surface area contributed by atoms with E-state index < -0.39 is 0 Å². The number of amides is 1. The molecule has 1 N–H and O–H groups in total. The molecule has 2 rings (SSSR count).